The first-order chi connectivity index (χ1) is 12.0. The van der Waals surface area contributed by atoms with Crippen molar-refractivity contribution in [3.05, 3.63) is 34.5 Å². The minimum atomic E-state index is 0.157. The second-order valence-corrected chi connectivity index (χ2v) is 6.76. The lowest BCUT2D eigenvalue weighted by Gasteiger charge is -2.34. The lowest BCUT2D eigenvalue weighted by Crippen LogP contribution is -2.48. The number of rotatable bonds is 5. The van der Waals surface area contributed by atoms with Gasteiger partial charge in [-0.05, 0) is 20.3 Å². The molecule has 1 amide bonds. The van der Waals surface area contributed by atoms with Crippen molar-refractivity contribution >= 4 is 5.91 Å². The van der Waals surface area contributed by atoms with E-state index in [-0.39, 0.29) is 5.91 Å². The number of amides is 1. The zero-order valence-corrected chi connectivity index (χ0v) is 15.6. The van der Waals surface area contributed by atoms with Crippen molar-refractivity contribution < 1.29 is 9.32 Å². The molecule has 0 atom stereocenters. The predicted octanol–water partition coefficient (Wildman–Crippen LogP) is 1.47. The molecular formula is C18H27N5O2. The topological polar surface area (TPSA) is 67.4 Å². The summed E-state index contributed by atoms with van der Waals surface area (Å²) in [6.07, 6.45) is 3.43. The van der Waals surface area contributed by atoms with Crippen LogP contribution in [-0.2, 0) is 31.2 Å². The number of hydrogen-bond acceptors (Lipinski definition) is 5. The van der Waals surface area contributed by atoms with Crippen LogP contribution >= 0.6 is 0 Å². The van der Waals surface area contributed by atoms with E-state index in [2.05, 4.69) is 28.3 Å². The fraction of sp³-hybridized carbons (Fsp3) is 0.611. The molecule has 7 heteroatoms. The molecule has 0 aromatic carbocycles. The molecule has 0 N–H and O–H groups in total. The lowest BCUT2D eigenvalue weighted by molar-refractivity contribution is -0.132. The molecule has 7 nitrogen and oxygen atoms in total. The second-order valence-electron chi connectivity index (χ2n) is 6.76. The van der Waals surface area contributed by atoms with Crippen LogP contribution in [0.15, 0.2) is 10.7 Å². The number of aromatic nitrogens is 3. The predicted molar refractivity (Wildman–Crippen MR) is 94.1 cm³/mol. The van der Waals surface area contributed by atoms with Crippen molar-refractivity contribution in [1.82, 2.24) is 24.7 Å². The molecule has 1 fully saturated rings. The Morgan fingerprint density at radius 1 is 1.24 bits per heavy atom. The molecule has 0 saturated carbocycles. The number of piperazine rings is 1. The van der Waals surface area contributed by atoms with Crippen LogP contribution in [0.2, 0.25) is 0 Å². The van der Waals surface area contributed by atoms with Gasteiger partial charge in [-0.2, -0.15) is 5.10 Å². The third-order valence-electron chi connectivity index (χ3n) is 4.95. The van der Waals surface area contributed by atoms with Crippen molar-refractivity contribution in [2.24, 2.45) is 7.05 Å². The first kappa shape index (κ1) is 17.7. The quantitative estimate of drug-likeness (QED) is 0.821. The zero-order valence-electron chi connectivity index (χ0n) is 15.6. The van der Waals surface area contributed by atoms with Gasteiger partial charge in [0.05, 0.1) is 17.8 Å². The highest BCUT2D eigenvalue weighted by atomic mass is 16.5. The van der Waals surface area contributed by atoms with Gasteiger partial charge in [0.1, 0.15) is 5.76 Å². The Morgan fingerprint density at radius 2 is 1.96 bits per heavy atom. The number of hydrogen-bond donors (Lipinski definition) is 0. The Balaban J connectivity index is 1.54. The first-order valence-corrected chi connectivity index (χ1v) is 8.91. The maximum Gasteiger partial charge on any atom is 0.227 e. The summed E-state index contributed by atoms with van der Waals surface area (Å²) in [5.41, 5.74) is 4.20. The molecule has 0 aliphatic carbocycles. The molecule has 2 aromatic rings. The van der Waals surface area contributed by atoms with E-state index in [4.69, 9.17) is 4.52 Å². The number of aryl methyl sites for hydroxylation is 4. The average Bonchev–Trinajstić information content (AvgIpc) is 3.11. The van der Waals surface area contributed by atoms with Crippen LogP contribution in [-0.4, -0.2) is 56.8 Å². The molecule has 136 valence electrons. The molecule has 1 saturated heterocycles. The van der Waals surface area contributed by atoms with Crippen LogP contribution in [0.1, 0.15) is 35.2 Å². The van der Waals surface area contributed by atoms with Crippen LogP contribution in [0.4, 0.5) is 0 Å². The molecule has 0 spiro atoms. The molecule has 1 aliphatic rings. The van der Waals surface area contributed by atoms with Crippen molar-refractivity contribution in [3.63, 3.8) is 0 Å². The van der Waals surface area contributed by atoms with Crippen LogP contribution in [0.5, 0.6) is 0 Å². The van der Waals surface area contributed by atoms with Gasteiger partial charge in [-0.25, -0.2) is 0 Å². The first-order valence-electron chi connectivity index (χ1n) is 8.91. The monoisotopic (exact) mass is 345 g/mol. The van der Waals surface area contributed by atoms with E-state index in [1.54, 1.807) is 0 Å². The second kappa shape index (κ2) is 7.39. The zero-order chi connectivity index (χ0) is 18.0. The van der Waals surface area contributed by atoms with Gasteiger partial charge in [-0.1, -0.05) is 12.1 Å². The van der Waals surface area contributed by atoms with Crippen LogP contribution in [0, 0.1) is 13.8 Å². The smallest absolute Gasteiger partial charge is 0.227 e. The van der Waals surface area contributed by atoms with Crippen molar-refractivity contribution in [3.8, 4) is 0 Å². The Labute approximate surface area is 148 Å². The summed E-state index contributed by atoms with van der Waals surface area (Å²) < 4.78 is 7.04. The van der Waals surface area contributed by atoms with E-state index < -0.39 is 0 Å². The van der Waals surface area contributed by atoms with E-state index in [1.165, 1.54) is 11.3 Å². The Hall–Kier alpha value is -2.15. The Kier molecular flexibility index (Phi) is 5.22. The summed E-state index contributed by atoms with van der Waals surface area (Å²) in [6.45, 7) is 10.1. The maximum absolute atomic E-state index is 12.6. The van der Waals surface area contributed by atoms with Crippen LogP contribution in [0.25, 0.3) is 0 Å². The highest BCUT2D eigenvalue weighted by Gasteiger charge is 2.24. The molecule has 25 heavy (non-hydrogen) atoms. The van der Waals surface area contributed by atoms with Gasteiger partial charge in [0.2, 0.25) is 5.91 Å². The highest BCUT2D eigenvalue weighted by molar-refractivity contribution is 5.79. The molecule has 1 aliphatic heterocycles. The van der Waals surface area contributed by atoms with Crippen molar-refractivity contribution in [2.75, 3.05) is 26.2 Å². The Morgan fingerprint density at radius 3 is 2.56 bits per heavy atom. The van der Waals surface area contributed by atoms with E-state index in [0.29, 0.717) is 6.42 Å². The maximum atomic E-state index is 12.6. The number of carbonyl (C=O) groups excluding carboxylic acids is 1. The van der Waals surface area contributed by atoms with Gasteiger partial charge >= 0.3 is 0 Å². The van der Waals surface area contributed by atoms with Gasteiger partial charge in [-0.15, -0.1) is 0 Å². The van der Waals surface area contributed by atoms with E-state index in [0.717, 1.165) is 56.2 Å². The highest BCUT2D eigenvalue weighted by Crippen LogP contribution is 2.16. The summed E-state index contributed by atoms with van der Waals surface area (Å²) in [5, 5.41) is 8.44. The SMILES string of the molecule is CCc1nn(C)cc1CN1CCN(C(=O)Cc2c(C)noc2C)CC1. The summed E-state index contributed by atoms with van der Waals surface area (Å²) in [7, 11) is 1.97. The van der Waals surface area contributed by atoms with Gasteiger partial charge < -0.3 is 9.42 Å². The molecule has 0 bridgehead atoms. The fourth-order valence-electron chi connectivity index (χ4n) is 3.43. The molecular weight excluding hydrogens is 318 g/mol. The van der Waals surface area contributed by atoms with Crippen molar-refractivity contribution in [2.45, 2.75) is 40.2 Å². The molecule has 2 aromatic heterocycles. The summed E-state index contributed by atoms with van der Waals surface area (Å²) in [4.78, 5) is 16.9. The lowest BCUT2D eigenvalue weighted by atomic mass is 10.1. The van der Waals surface area contributed by atoms with Crippen LogP contribution < -0.4 is 0 Å². The van der Waals surface area contributed by atoms with E-state index in [1.807, 2.05) is 30.5 Å². The van der Waals surface area contributed by atoms with Gasteiger partial charge in [0.25, 0.3) is 0 Å². The van der Waals surface area contributed by atoms with E-state index in [9.17, 15) is 4.79 Å². The van der Waals surface area contributed by atoms with Crippen LogP contribution in [0.3, 0.4) is 0 Å². The summed E-state index contributed by atoms with van der Waals surface area (Å²) in [5.74, 6) is 0.901. The van der Waals surface area contributed by atoms with Gasteiger partial charge in [-0.3, -0.25) is 14.4 Å². The van der Waals surface area contributed by atoms with Gasteiger partial charge in [0.15, 0.2) is 0 Å². The van der Waals surface area contributed by atoms with Crippen molar-refractivity contribution in [1.29, 1.82) is 0 Å². The summed E-state index contributed by atoms with van der Waals surface area (Å²) in [6, 6.07) is 0. The largest absolute Gasteiger partial charge is 0.361 e. The standard InChI is InChI=1S/C18H27N5O2/c1-5-17-15(11-21(4)19-17)12-22-6-8-23(9-7-22)18(24)10-16-13(2)20-25-14(16)3/h11H,5-10,12H2,1-4H3. The number of nitrogens with zero attached hydrogens (tertiary/aromatic N) is 5. The molecule has 0 radical (unpaired) electrons. The third-order valence-corrected chi connectivity index (χ3v) is 4.95. The number of carbonyl (C=O) groups is 1. The van der Waals surface area contributed by atoms with E-state index >= 15 is 0 Å². The summed E-state index contributed by atoms with van der Waals surface area (Å²) >= 11 is 0. The Bertz CT molecular complexity index is 721. The molecule has 3 rings (SSSR count). The molecule has 3 heterocycles. The minimum absolute atomic E-state index is 0.157. The third kappa shape index (κ3) is 3.92. The average molecular weight is 345 g/mol. The normalized spacial score (nSPS) is 15.8. The minimum Gasteiger partial charge on any atom is -0.361 e. The van der Waals surface area contributed by atoms with Gasteiger partial charge in [0, 0.05) is 57.1 Å². The fourth-order valence-corrected chi connectivity index (χ4v) is 3.43. The molecule has 0 unspecified atom stereocenters.